The van der Waals surface area contributed by atoms with Crippen LogP contribution in [0.25, 0.3) is 0 Å². The van der Waals surface area contributed by atoms with E-state index in [1.54, 1.807) is 0 Å². The van der Waals surface area contributed by atoms with Crippen LogP contribution in [-0.2, 0) is 0 Å². The van der Waals surface area contributed by atoms with Crippen LogP contribution < -0.4 is 5.32 Å². The van der Waals surface area contributed by atoms with Gasteiger partial charge in [0.15, 0.2) is 0 Å². The SMILES string of the molecule is CC(C)=CCC/C(C)=C/CNC1CCCC1. The second kappa shape index (κ2) is 7.67. The normalized spacial score (nSPS) is 17.8. The molecular formula is C15H27N. The maximum absolute atomic E-state index is 3.62. The van der Waals surface area contributed by atoms with E-state index >= 15 is 0 Å². The van der Waals surface area contributed by atoms with E-state index in [0.29, 0.717) is 0 Å². The summed E-state index contributed by atoms with van der Waals surface area (Å²) in [7, 11) is 0. The van der Waals surface area contributed by atoms with E-state index in [0.717, 1.165) is 12.6 Å². The van der Waals surface area contributed by atoms with Crippen molar-refractivity contribution in [2.24, 2.45) is 0 Å². The van der Waals surface area contributed by atoms with E-state index in [4.69, 9.17) is 0 Å². The van der Waals surface area contributed by atoms with Gasteiger partial charge < -0.3 is 5.32 Å². The highest BCUT2D eigenvalue weighted by molar-refractivity contribution is 5.03. The molecule has 0 spiro atoms. The van der Waals surface area contributed by atoms with Gasteiger partial charge in [-0.25, -0.2) is 0 Å². The molecule has 0 saturated heterocycles. The smallest absolute Gasteiger partial charge is 0.0140 e. The fourth-order valence-electron chi connectivity index (χ4n) is 2.22. The summed E-state index contributed by atoms with van der Waals surface area (Å²) in [5.74, 6) is 0. The van der Waals surface area contributed by atoms with Gasteiger partial charge in [-0.05, 0) is 46.5 Å². The lowest BCUT2D eigenvalue weighted by atomic mass is 10.1. The van der Waals surface area contributed by atoms with E-state index in [-0.39, 0.29) is 0 Å². The maximum atomic E-state index is 3.62. The van der Waals surface area contributed by atoms with Gasteiger partial charge in [-0.3, -0.25) is 0 Å². The Kier molecular flexibility index (Phi) is 6.47. The lowest BCUT2D eigenvalue weighted by molar-refractivity contribution is 0.555. The molecule has 0 atom stereocenters. The second-order valence-electron chi connectivity index (χ2n) is 5.26. The first-order chi connectivity index (χ1) is 7.68. The van der Waals surface area contributed by atoms with Crippen molar-refractivity contribution in [3.8, 4) is 0 Å². The van der Waals surface area contributed by atoms with Crippen molar-refractivity contribution in [2.45, 2.75) is 65.3 Å². The van der Waals surface area contributed by atoms with Gasteiger partial charge in [-0.2, -0.15) is 0 Å². The van der Waals surface area contributed by atoms with Crippen molar-refractivity contribution in [3.05, 3.63) is 23.3 Å². The fourth-order valence-corrected chi connectivity index (χ4v) is 2.22. The molecule has 1 aliphatic rings. The quantitative estimate of drug-likeness (QED) is 0.662. The van der Waals surface area contributed by atoms with Gasteiger partial charge in [0, 0.05) is 12.6 Å². The van der Waals surface area contributed by atoms with Gasteiger partial charge in [-0.1, -0.05) is 36.1 Å². The molecule has 0 radical (unpaired) electrons. The zero-order chi connectivity index (χ0) is 11.8. The van der Waals surface area contributed by atoms with E-state index in [1.165, 1.54) is 49.7 Å². The number of nitrogens with one attached hydrogen (secondary N) is 1. The molecule has 1 aliphatic carbocycles. The van der Waals surface area contributed by atoms with Crippen molar-refractivity contribution in [1.29, 1.82) is 0 Å². The van der Waals surface area contributed by atoms with Crippen molar-refractivity contribution >= 4 is 0 Å². The van der Waals surface area contributed by atoms with Gasteiger partial charge in [0.05, 0.1) is 0 Å². The third kappa shape index (κ3) is 6.12. The van der Waals surface area contributed by atoms with Gasteiger partial charge in [0.1, 0.15) is 0 Å². The third-order valence-electron chi connectivity index (χ3n) is 3.30. The minimum Gasteiger partial charge on any atom is -0.311 e. The predicted molar refractivity (Wildman–Crippen MR) is 72.7 cm³/mol. The Balaban J connectivity index is 2.10. The van der Waals surface area contributed by atoms with Gasteiger partial charge in [-0.15, -0.1) is 0 Å². The molecule has 1 saturated carbocycles. The first kappa shape index (κ1) is 13.5. The summed E-state index contributed by atoms with van der Waals surface area (Å²) in [4.78, 5) is 0. The fraction of sp³-hybridized carbons (Fsp3) is 0.733. The predicted octanol–water partition coefficient (Wildman–Crippen LogP) is 4.21. The molecule has 0 heterocycles. The zero-order valence-corrected chi connectivity index (χ0v) is 11.2. The lowest BCUT2D eigenvalue weighted by Crippen LogP contribution is -2.25. The van der Waals surface area contributed by atoms with Crippen LogP contribution in [0.1, 0.15) is 59.3 Å². The summed E-state index contributed by atoms with van der Waals surface area (Å²) in [6.45, 7) is 7.64. The molecule has 0 bridgehead atoms. The van der Waals surface area contributed by atoms with Crippen molar-refractivity contribution in [2.75, 3.05) is 6.54 Å². The van der Waals surface area contributed by atoms with Crippen molar-refractivity contribution in [3.63, 3.8) is 0 Å². The summed E-state index contributed by atoms with van der Waals surface area (Å²) in [5.41, 5.74) is 2.94. The molecule has 1 fully saturated rings. The first-order valence-electron chi connectivity index (χ1n) is 6.71. The highest BCUT2D eigenvalue weighted by Crippen LogP contribution is 2.17. The molecule has 16 heavy (non-hydrogen) atoms. The zero-order valence-electron chi connectivity index (χ0n) is 11.2. The third-order valence-corrected chi connectivity index (χ3v) is 3.30. The topological polar surface area (TPSA) is 12.0 Å². The van der Waals surface area contributed by atoms with Crippen LogP contribution >= 0.6 is 0 Å². The van der Waals surface area contributed by atoms with Crippen LogP contribution in [0.4, 0.5) is 0 Å². The molecule has 0 unspecified atom stereocenters. The number of rotatable bonds is 6. The summed E-state index contributed by atoms with van der Waals surface area (Å²) < 4.78 is 0. The van der Waals surface area contributed by atoms with E-state index < -0.39 is 0 Å². The standard InChI is InChI=1S/C15H27N/c1-13(2)7-6-8-14(3)11-12-16-15-9-4-5-10-15/h7,11,15-16H,4-6,8-10,12H2,1-3H3/b14-11+. The van der Waals surface area contributed by atoms with Crippen LogP contribution in [-0.4, -0.2) is 12.6 Å². The summed E-state index contributed by atoms with van der Waals surface area (Å²) in [6, 6.07) is 0.793. The molecule has 0 aromatic heterocycles. The lowest BCUT2D eigenvalue weighted by Gasteiger charge is -2.09. The molecule has 92 valence electrons. The van der Waals surface area contributed by atoms with E-state index in [1.807, 2.05) is 0 Å². The van der Waals surface area contributed by atoms with Crippen LogP contribution in [0.2, 0.25) is 0 Å². The van der Waals surface area contributed by atoms with E-state index in [2.05, 4.69) is 38.2 Å². The number of allylic oxidation sites excluding steroid dienone is 3. The average Bonchev–Trinajstić information content (AvgIpc) is 2.70. The van der Waals surface area contributed by atoms with E-state index in [9.17, 15) is 0 Å². The Morgan fingerprint density at radius 1 is 1.12 bits per heavy atom. The van der Waals surface area contributed by atoms with Gasteiger partial charge in [0.2, 0.25) is 0 Å². The molecule has 1 heteroatoms. The second-order valence-corrected chi connectivity index (χ2v) is 5.26. The molecular weight excluding hydrogens is 194 g/mol. The molecule has 0 aromatic rings. The average molecular weight is 221 g/mol. The summed E-state index contributed by atoms with van der Waals surface area (Å²) in [5, 5.41) is 3.62. The minimum atomic E-state index is 0.793. The Hall–Kier alpha value is -0.560. The van der Waals surface area contributed by atoms with Crippen LogP contribution in [0.15, 0.2) is 23.3 Å². The molecule has 0 aliphatic heterocycles. The maximum Gasteiger partial charge on any atom is 0.0140 e. The Morgan fingerprint density at radius 2 is 1.81 bits per heavy atom. The Bertz CT molecular complexity index is 240. The Morgan fingerprint density at radius 3 is 2.44 bits per heavy atom. The largest absolute Gasteiger partial charge is 0.311 e. The molecule has 1 N–H and O–H groups in total. The van der Waals surface area contributed by atoms with Gasteiger partial charge in [0.25, 0.3) is 0 Å². The van der Waals surface area contributed by atoms with Crippen LogP contribution in [0.5, 0.6) is 0 Å². The number of hydrogen-bond acceptors (Lipinski definition) is 1. The summed E-state index contributed by atoms with van der Waals surface area (Å²) in [6.07, 6.45) is 12.7. The monoisotopic (exact) mass is 221 g/mol. The molecule has 0 aromatic carbocycles. The summed E-state index contributed by atoms with van der Waals surface area (Å²) >= 11 is 0. The van der Waals surface area contributed by atoms with Crippen molar-refractivity contribution < 1.29 is 0 Å². The van der Waals surface area contributed by atoms with Gasteiger partial charge >= 0.3 is 0 Å². The molecule has 1 rings (SSSR count). The van der Waals surface area contributed by atoms with Crippen LogP contribution in [0, 0.1) is 0 Å². The Labute approximate surface area is 101 Å². The first-order valence-corrected chi connectivity index (χ1v) is 6.71. The highest BCUT2D eigenvalue weighted by Gasteiger charge is 2.12. The molecule has 1 nitrogen and oxygen atoms in total. The minimum absolute atomic E-state index is 0.793. The van der Waals surface area contributed by atoms with Crippen LogP contribution in [0.3, 0.4) is 0 Å². The van der Waals surface area contributed by atoms with Crippen molar-refractivity contribution in [1.82, 2.24) is 5.32 Å². The number of hydrogen-bond donors (Lipinski definition) is 1. The highest BCUT2D eigenvalue weighted by atomic mass is 14.9. The molecule has 0 amide bonds.